The summed E-state index contributed by atoms with van der Waals surface area (Å²) < 4.78 is 10.6. The average molecular weight is 497 g/mol. The molecule has 7 heteroatoms. The Morgan fingerprint density at radius 1 is 0.919 bits per heavy atom. The van der Waals surface area contributed by atoms with E-state index in [1.165, 1.54) is 24.3 Å². The number of nitrogens with one attached hydrogen (secondary N) is 1. The number of carbonyl (C=O) groups excluding carboxylic acids is 1. The summed E-state index contributed by atoms with van der Waals surface area (Å²) in [5.41, 5.74) is 4.14. The van der Waals surface area contributed by atoms with Gasteiger partial charge >= 0.3 is 0 Å². The van der Waals surface area contributed by atoms with E-state index in [4.69, 9.17) is 14.7 Å². The van der Waals surface area contributed by atoms with Gasteiger partial charge in [-0.15, -0.1) is 0 Å². The molecule has 1 aliphatic rings. The summed E-state index contributed by atoms with van der Waals surface area (Å²) in [6.45, 7) is 6.08. The second-order valence-corrected chi connectivity index (χ2v) is 8.91. The normalized spacial score (nSPS) is 14.3. The molecule has 3 aromatic carbocycles. The van der Waals surface area contributed by atoms with Crippen LogP contribution in [0.4, 0.5) is 5.69 Å². The molecule has 3 aromatic rings. The van der Waals surface area contributed by atoms with Crippen LogP contribution < -0.4 is 14.8 Å². The molecule has 1 aliphatic heterocycles. The van der Waals surface area contributed by atoms with E-state index in [2.05, 4.69) is 57.6 Å². The maximum absolute atomic E-state index is 12.4. The van der Waals surface area contributed by atoms with Crippen molar-refractivity contribution >= 4 is 17.7 Å². The predicted molar refractivity (Wildman–Crippen MR) is 145 cm³/mol. The van der Waals surface area contributed by atoms with Gasteiger partial charge in [0.2, 0.25) is 5.91 Å². The van der Waals surface area contributed by atoms with Gasteiger partial charge in [0.25, 0.3) is 0 Å². The standard InChI is InChI=1S/C30H32N4O3/c1-36-29-21-24(9-13-28(29)37-20-15-31)10-14-30(35)32-27-11-7-26(8-12-27)23-34-18-16-33(17-19-34)22-25-5-3-2-4-6-25/h2-14,21H,16-20,22-23H2,1H3,(H,32,35)/b14-10+. The number of hydrogen-bond acceptors (Lipinski definition) is 6. The molecule has 0 radical (unpaired) electrons. The van der Waals surface area contributed by atoms with Crippen LogP contribution in [-0.4, -0.2) is 55.6 Å². The first kappa shape index (κ1) is 26.0. The fraction of sp³-hybridized carbons (Fsp3) is 0.267. The van der Waals surface area contributed by atoms with Crippen molar-refractivity contribution in [1.29, 1.82) is 5.26 Å². The Kier molecular flexibility index (Phi) is 9.30. The van der Waals surface area contributed by atoms with Crippen LogP contribution in [0.3, 0.4) is 0 Å². The Labute approximate surface area is 218 Å². The van der Waals surface area contributed by atoms with Gasteiger partial charge in [-0.2, -0.15) is 5.26 Å². The van der Waals surface area contributed by atoms with Gasteiger partial charge in [0.15, 0.2) is 18.1 Å². The zero-order valence-electron chi connectivity index (χ0n) is 21.1. The van der Waals surface area contributed by atoms with E-state index in [0.29, 0.717) is 11.5 Å². The molecule has 0 atom stereocenters. The fourth-order valence-electron chi connectivity index (χ4n) is 4.27. The van der Waals surface area contributed by atoms with E-state index in [9.17, 15) is 4.79 Å². The Morgan fingerprint density at radius 2 is 1.57 bits per heavy atom. The lowest BCUT2D eigenvalue weighted by Gasteiger charge is -2.34. The van der Waals surface area contributed by atoms with Gasteiger partial charge in [-0.1, -0.05) is 48.5 Å². The molecule has 1 amide bonds. The van der Waals surface area contributed by atoms with Gasteiger partial charge in [-0.25, -0.2) is 0 Å². The minimum Gasteiger partial charge on any atom is -0.493 e. The first-order valence-electron chi connectivity index (χ1n) is 12.4. The maximum atomic E-state index is 12.4. The highest BCUT2D eigenvalue weighted by molar-refractivity contribution is 6.01. The molecule has 0 aliphatic carbocycles. The van der Waals surface area contributed by atoms with E-state index in [-0.39, 0.29) is 12.5 Å². The van der Waals surface area contributed by atoms with Gasteiger partial charge in [0.05, 0.1) is 7.11 Å². The Balaban J connectivity index is 1.23. The van der Waals surface area contributed by atoms with Crippen molar-refractivity contribution in [1.82, 2.24) is 9.80 Å². The SMILES string of the molecule is COc1cc(/C=C/C(=O)Nc2ccc(CN3CCN(Cc4ccccc4)CC3)cc2)ccc1OCC#N. The first-order chi connectivity index (χ1) is 18.1. The number of nitriles is 1. The summed E-state index contributed by atoms with van der Waals surface area (Å²) in [5.74, 6) is 0.775. The Bertz CT molecular complexity index is 1230. The lowest BCUT2D eigenvalue weighted by Crippen LogP contribution is -2.45. The van der Waals surface area contributed by atoms with Crippen LogP contribution in [-0.2, 0) is 17.9 Å². The van der Waals surface area contributed by atoms with Crippen molar-refractivity contribution < 1.29 is 14.3 Å². The predicted octanol–water partition coefficient (Wildman–Crippen LogP) is 4.57. The molecule has 0 saturated carbocycles. The molecule has 190 valence electrons. The van der Waals surface area contributed by atoms with Crippen molar-refractivity contribution in [2.24, 2.45) is 0 Å². The largest absolute Gasteiger partial charge is 0.493 e. The molecule has 4 rings (SSSR count). The van der Waals surface area contributed by atoms with Crippen LogP contribution >= 0.6 is 0 Å². The van der Waals surface area contributed by atoms with Crippen LogP contribution in [0.25, 0.3) is 6.08 Å². The number of benzene rings is 3. The third-order valence-electron chi connectivity index (χ3n) is 6.25. The Morgan fingerprint density at radius 3 is 2.19 bits per heavy atom. The molecule has 1 fully saturated rings. The van der Waals surface area contributed by atoms with Crippen molar-refractivity contribution in [2.45, 2.75) is 13.1 Å². The summed E-state index contributed by atoms with van der Waals surface area (Å²) in [6.07, 6.45) is 3.19. The van der Waals surface area contributed by atoms with E-state index in [1.54, 1.807) is 24.3 Å². The third kappa shape index (κ3) is 7.94. The van der Waals surface area contributed by atoms with Gasteiger partial charge in [0, 0.05) is 51.0 Å². The minimum atomic E-state index is -0.217. The minimum absolute atomic E-state index is 0.0574. The zero-order valence-corrected chi connectivity index (χ0v) is 21.1. The Hall–Kier alpha value is -4.12. The van der Waals surface area contributed by atoms with Gasteiger partial charge in [-0.3, -0.25) is 14.6 Å². The number of piperazine rings is 1. The summed E-state index contributed by atoms with van der Waals surface area (Å²) in [6, 6.07) is 25.9. The third-order valence-corrected chi connectivity index (χ3v) is 6.25. The number of methoxy groups -OCH3 is 1. The summed E-state index contributed by atoms with van der Waals surface area (Å²) >= 11 is 0. The van der Waals surface area contributed by atoms with Gasteiger partial charge < -0.3 is 14.8 Å². The van der Waals surface area contributed by atoms with Crippen LogP contribution in [0.2, 0.25) is 0 Å². The lowest BCUT2D eigenvalue weighted by atomic mass is 10.1. The molecule has 0 unspecified atom stereocenters. The maximum Gasteiger partial charge on any atom is 0.248 e. The van der Waals surface area contributed by atoms with Gasteiger partial charge in [0.1, 0.15) is 6.07 Å². The van der Waals surface area contributed by atoms with Crippen molar-refractivity contribution in [3.63, 3.8) is 0 Å². The van der Waals surface area contributed by atoms with E-state index < -0.39 is 0 Å². The second kappa shape index (κ2) is 13.3. The summed E-state index contributed by atoms with van der Waals surface area (Å²) in [7, 11) is 1.53. The lowest BCUT2D eigenvalue weighted by molar-refractivity contribution is -0.111. The topological polar surface area (TPSA) is 77.8 Å². The van der Waals surface area contributed by atoms with Crippen LogP contribution in [0, 0.1) is 11.3 Å². The molecule has 37 heavy (non-hydrogen) atoms. The van der Waals surface area contributed by atoms with E-state index in [1.807, 2.05) is 18.2 Å². The number of amides is 1. The molecular formula is C30H32N4O3. The first-order valence-corrected chi connectivity index (χ1v) is 12.4. The highest BCUT2D eigenvalue weighted by Gasteiger charge is 2.17. The van der Waals surface area contributed by atoms with E-state index in [0.717, 1.165) is 50.5 Å². The molecule has 1 heterocycles. The number of carbonyl (C=O) groups is 1. The second-order valence-electron chi connectivity index (χ2n) is 8.91. The number of ether oxygens (including phenoxy) is 2. The molecule has 1 N–H and O–H groups in total. The monoisotopic (exact) mass is 496 g/mol. The van der Waals surface area contributed by atoms with Crippen molar-refractivity contribution in [3.8, 4) is 17.6 Å². The number of nitrogens with zero attached hydrogens (tertiary/aromatic N) is 3. The zero-order chi connectivity index (χ0) is 25.9. The highest BCUT2D eigenvalue weighted by Crippen LogP contribution is 2.28. The van der Waals surface area contributed by atoms with Crippen molar-refractivity contribution in [2.75, 3.05) is 45.2 Å². The molecule has 0 spiro atoms. The molecule has 0 aromatic heterocycles. The number of anilines is 1. The number of hydrogen-bond donors (Lipinski definition) is 1. The molecule has 1 saturated heterocycles. The molecule has 7 nitrogen and oxygen atoms in total. The van der Waals surface area contributed by atoms with Crippen LogP contribution in [0.15, 0.2) is 78.9 Å². The fourth-order valence-corrected chi connectivity index (χ4v) is 4.27. The molecular weight excluding hydrogens is 464 g/mol. The van der Waals surface area contributed by atoms with Gasteiger partial charge in [-0.05, 0) is 47.0 Å². The highest BCUT2D eigenvalue weighted by atomic mass is 16.5. The molecule has 0 bridgehead atoms. The summed E-state index contributed by atoms with van der Waals surface area (Å²) in [4.78, 5) is 17.4. The van der Waals surface area contributed by atoms with Crippen molar-refractivity contribution in [3.05, 3.63) is 95.6 Å². The van der Waals surface area contributed by atoms with Crippen LogP contribution in [0.5, 0.6) is 11.5 Å². The average Bonchev–Trinajstić information content (AvgIpc) is 2.93. The van der Waals surface area contributed by atoms with E-state index >= 15 is 0 Å². The quantitative estimate of drug-likeness (QED) is 0.415. The van der Waals surface area contributed by atoms with Crippen LogP contribution in [0.1, 0.15) is 16.7 Å². The smallest absolute Gasteiger partial charge is 0.248 e. The number of rotatable bonds is 10. The summed E-state index contributed by atoms with van der Waals surface area (Å²) in [5, 5.41) is 11.6.